The zero-order chi connectivity index (χ0) is 7.89. The summed E-state index contributed by atoms with van der Waals surface area (Å²) in [5, 5.41) is 0. The molecule has 0 aromatic rings. The lowest BCUT2D eigenvalue weighted by atomic mass is 10.2. The average Bonchev–Trinajstić information content (AvgIpc) is 2.07. The smallest absolute Gasteiger partial charge is 0.0540 e. The Balaban J connectivity index is 2.99. The molecule has 1 rings (SSSR count). The topological polar surface area (TPSA) is 3.24 Å². The SMILES string of the molecule is [2H]C1C(C)=C(C)C(=C)N1C. The molecule has 1 heteroatoms. The summed E-state index contributed by atoms with van der Waals surface area (Å²) in [6.45, 7) is 7.67. The molecule has 1 heterocycles. The lowest BCUT2D eigenvalue weighted by Crippen LogP contribution is -2.11. The molecule has 0 aliphatic carbocycles. The molecule has 0 saturated heterocycles. The normalized spacial score (nSPS) is 29.7. The van der Waals surface area contributed by atoms with Crippen LogP contribution in [0.15, 0.2) is 23.4 Å². The molecular formula is C8H13N. The second-order valence-corrected chi connectivity index (χ2v) is 2.49. The van der Waals surface area contributed by atoms with Gasteiger partial charge in [0.05, 0.1) is 1.37 Å². The first-order chi connectivity index (χ1) is 4.55. The fraction of sp³-hybridized carbons (Fsp3) is 0.500. The van der Waals surface area contributed by atoms with Crippen LogP contribution in [0.3, 0.4) is 0 Å². The van der Waals surface area contributed by atoms with Gasteiger partial charge in [0.1, 0.15) is 0 Å². The Bertz CT molecular complexity index is 205. The number of hydrogen-bond acceptors (Lipinski definition) is 1. The van der Waals surface area contributed by atoms with Crippen LogP contribution in [0.2, 0.25) is 0 Å². The third kappa shape index (κ3) is 0.869. The Kier molecular flexibility index (Phi) is 1.08. The maximum Gasteiger partial charge on any atom is 0.0540 e. The molecule has 0 radical (unpaired) electrons. The highest BCUT2D eigenvalue weighted by Crippen LogP contribution is 2.23. The third-order valence-electron chi connectivity index (χ3n) is 1.84. The van der Waals surface area contributed by atoms with Crippen LogP contribution in [-0.2, 0) is 0 Å². The zero-order valence-electron chi connectivity index (χ0n) is 7.23. The number of nitrogens with zero attached hydrogens (tertiary/aromatic N) is 1. The molecule has 0 aromatic heterocycles. The Hall–Kier alpha value is -0.720. The highest BCUT2D eigenvalue weighted by atomic mass is 15.1. The van der Waals surface area contributed by atoms with Crippen LogP contribution >= 0.6 is 0 Å². The van der Waals surface area contributed by atoms with Crippen molar-refractivity contribution in [1.82, 2.24) is 4.90 Å². The fourth-order valence-corrected chi connectivity index (χ4v) is 0.957. The van der Waals surface area contributed by atoms with Crippen molar-refractivity contribution in [2.75, 3.05) is 13.6 Å². The molecule has 0 aromatic carbocycles. The quantitative estimate of drug-likeness (QED) is 0.476. The van der Waals surface area contributed by atoms with Crippen molar-refractivity contribution < 1.29 is 1.37 Å². The summed E-state index contributed by atoms with van der Waals surface area (Å²) in [5.41, 5.74) is 3.27. The number of rotatable bonds is 0. The first-order valence-corrected chi connectivity index (χ1v) is 3.07. The van der Waals surface area contributed by atoms with Gasteiger partial charge in [-0.3, -0.25) is 0 Å². The molecule has 0 bridgehead atoms. The molecule has 0 N–H and O–H groups in total. The zero-order valence-corrected chi connectivity index (χ0v) is 6.23. The van der Waals surface area contributed by atoms with E-state index in [2.05, 4.69) is 6.58 Å². The summed E-state index contributed by atoms with van der Waals surface area (Å²) >= 11 is 0. The van der Waals surface area contributed by atoms with Gasteiger partial charge in [0, 0.05) is 19.3 Å². The maximum atomic E-state index is 7.61. The lowest BCUT2D eigenvalue weighted by molar-refractivity contribution is 0.491. The van der Waals surface area contributed by atoms with Crippen LogP contribution < -0.4 is 0 Å². The Morgan fingerprint density at radius 1 is 1.67 bits per heavy atom. The number of likely N-dealkylation sites (N-methyl/N-ethyl adjacent to an activating group) is 1. The molecule has 1 unspecified atom stereocenters. The molecule has 1 aliphatic rings. The van der Waals surface area contributed by atoms with Crippen molar-refractivity contribution in [1.29, 1.82) is 0 Å². The number of allylic oxidation sites excluding steroid dienone is 1. The maximum absolute atomic E-state index is 7.61. The van der Waals surface area contributed by atoms with Crippen molar-refractivity contribution in [2.24, 2.45) is 0 Å². The van der Waals surface area contributed by atoms with Gasteiger partial charge in [-0.05, 0) is 25.0 Å². The van der Waals surface area contributed by atoms with Crippen LogP contribution in [0.5, 0.6) is 0 Å². The second kappa shape index (κ2) is 1.90. The van der Waals surface area contributed by atoms with Crippen molar-refractivity contribution in [3.05, 3.63) is 23.4 Å². The molecule has 0 saturated carbocycles. The molecule has 50 valence electrons. The summed E-state index contributed by atoms with van der Waals surface area (Å²) in [7, 11) is 1.90. The summed E-state index contributed by atoms with van der Waals surface area (Å²) in [6, 6.07) is 0. The van der Waals surface area contributed by atoms with Gasteiger partial charge in [0.25, 0.3) is 0 Å². The molecule has 1 aliphatic heterocycles. The largest absolute Gasteiger partial charge is 0.371 e. The van der Waals surface area contributed by atoms with Crippen molar-refractivity contribution in [3.8, 4) is 0 Å². The van der Waals surface area contributed by atoms with Gasteiger partial charge >= 0.3 is 0 Å². The van der Waals surface area contributed by atoms with E-state index in [4.69, 9.17) is 1.37 Å². The summed E-state index contributed by atoms with van der Waals surface area (Å²) in [4.78, 5) is 1.88. The molecule has 1 atom stereocenters. The van der Waals surface area contributed by atoms with E-state index in [1.54, 1.807) is 0 Å². The van der Waals surface area contributed by atoms with Crippen LogP contribution in [0, 0.1) is 0 Å². The average molecular weight is 124 g/mol. The lowest BCUT2D eigenvalue weighted by Gasteiger charge is -2.11. The van der Waals surface area contributed by atoms with Gasteiger partial charge in [-0.15, -0.1) is 0 Å². The second-order valence-electron chi connectivity index (χ2n) is 2.49. The molecule has 0 amide bonds. The minimum atomic E-state index is -0.201. The van der Waals surface area contributed by atoms with E-state index in [1.165, 1.54) is 5.57 Å². The minimum absolute atomic E-state index is 0.201. The van der Waals surface area contributed by atoms with Gasteiger partial charge in [0.15, 0.2) is 0 Å². The van der Waals surface area contributed by atoms with Crippen molar-refractivity contribution in [3.63, 3.8) is 0 Å². The molecule has 1 nitrogen and oxygen atoms in total. The van der Waals surface area contributed by atoms with Crippen LogP contribution in [-0.4, -0.2) is 18.5 Å². The van der Waals surface area contributed by atoms with Crippen LogP contribution in [0.4, 0.5) is 0 Å². The number of hydrogen-bond donors (Lipinski definition) is 0. The van der Waals surface area contributed by atoms with E-state index in [0.29, 0.717) is 0 Å². The van der Waals surface area contributed by atoms with Gasteiger partial charge in [-0.2, -0.15) is 0 Å². The molecule has 9 heavy (non-hydrogen) atoms. The van der Waals surface area contributed by atoms with E-state index in [-0.39, 0.29) is 6.52 Å². The van der Waals surface area contributed by atoms with Gasteiger partial charge in [0.2, 0.25) is 0 Å². The van der Waals surface area contributed by atoms with Gasteiger partial charge < -0.3 is 4.90 Å². The van der Waals surface area contributed by atoms with E-state index in [1.807, 2.05) is 25.8 Å². The predicted octanol–water partition coefficient (Wildman–Crippen LogP) is 1.78. The highest BCUT2D eigenvalue weighted by molar-refractivity contribution is 5.36. The van der Waals surface area contributed by atoms with Gasteiger partial charge in [-0.25, -0.2) is 0 Å². The standard InChI is InChI=1S/C8H13N/c1-6-5-9(4)8(3)7(6)2/h3,5H2,1-2,4H3/i5D. The predicted molar refractivity (Wildman–Crippen MR) is 40.1 cm³/mol. The third-order valence-corrected chi connectivity index (χ3v) is 1.84. The molecular weight excluding hydrogens is 110 g/mol. The van der Waals surface area contributed by atoms with E-state index < -0.39 is 0 Å². The fourth-order valence-electron chi connectivity index (χ4n) is 0.957. The van der Waals surface area contributed by atoms with Gasteiger partial charge in [-0.1, -0.05) is 6.58 Å². The Morgan fingerprint density at radius 3 is 2.33 bits per heavy atom. The highest BCUT2D eigenvalue weighted by Gasteiger charge is 2.14. The molecule has 0 fully saturated rings. The van der Waals surface area contributed by atoms with E-state index in [0.717, 1.165) is 11.3 Å². The summed E-state index contributed by atoms with van der Waals surface area (Å²) < 4.78 is 7.61. The monoisotopic (exact) mass is 124 g/mol. The van der Waals surface area contributed by atoms with Crippen molar-refractivity contribution in [2.45, 2.75) is 13.8 Å². The Labute approximate surface area is 58.1 Å². The van der Waals surface area contributed by atoms with Crippen LogP contribution in [0.1, 0.15) is 15.2 Å². The molecule has 0 spiro atoms. The van der Waals surface area contributed by atoms with Crippen LogP contribution in [0.25, 0.3) is 0 Å². The minimum Gasteiger partial charge on any atom is -0.371 e. The van der Waals surface area contributed by atoms with E-state index in [9.17, 15) is 0 Å². The summed E-state index contributed by atoms with van der Waals surface area (Å²) in [5.74, 6) is 0. The van der Waals surface area contributed by atoms with E-state index >= 15 is 0 Å². The first-order valence-electron chi connectivity index (χ1n) is 3.65. The summed E-state index contributed by atoms with van der Waals surface area (Å²) in [6.07, 6.45) is 0. The van der Waals surface area contributed by atoms with Crippen molar-refractivity contribution >= 4 is 0 Å². The first kappa shape index (κ1) is 5.10. The Morgan fingerprint density at radius 2 is 2.22 bits per heavy atom.